The van der Waals surface area contributed by atoms with Gasteiger partial charge in [-0.25, -0.2) is 0 Å². The molecule has 1 fully saturated rings. The predicted molar refractivity (Wildman–Crippen MR) is 85.5 cm³/mol. The third-order valence-electron chi connectivity index (χ3n) is 3.61. The van der Waals surface area contributed by atoms with Gasteiger partial charge in [0.25, 0.3) is 0 Å². The molecule has 1 aromatic carbocycles. The standard InChI is InChI=1S/C15H22N4O4/c20-15(17-8-11-18-9-6-16-7-10-18)5-12-23-14-4-2-1-3-13(14)19(21)22/h1-4,16H,5-12H2,(H,17,20). The lowest BCUT2D eigenvalue weighted by molar-refractivity contribution is -0.385. The number of ether oxygens (including phenoxy) is 1. The van der Waals surface area contributed by atoms with E-state index in [2.05, 4.69) is 15.5 Å². The van der Waals surface area contributed by atoms with Gasteiger partial charge in [0.15, 0.2) is 5.75 Å². The number of amides is 1. The molecule has 2 N–H and O–H groups in total. The van der Waals surface area contributed by atoms with Crippen molar-refractivity contribution in [2.75, 3.05) is 45.9 Å². The molecule has 23 heavy (non-hydrogen) atoms. The third kappa shape index (κ3) is 5.84. The Morgan fingerprint density at radius 3 is 2.83 bits per heavy atom. The molecule has 8 heteroatoms. The summed E-state index contributed by atoms with van der Waals surface area (Å²) in [5.41, 5.74) is -0.0911. The molecule has 1 heterocycles. The van der Waals surface area contributed by atoms with E-state index in [-0.39, 0.29) is 30.4 Å². The topological polar surface area (TPSA) is 96.7 Å². The second-order valence-electron chi connectivity index (χ2n) is 5.26. The van der Waals surface area contributed by atoms with Crippen LogP contribution in [0.3, 0.4) is 0 Å². The molecule has 2 rings (SSSR count). The average molecular weight is 322 g/mol. The lowest BCUT2D eigenvalue weighted by Crippen LogP contribution is -2.46. The third-order valence-corrected chi connectivity index (χ3v) is 3.61. The molecule has 0 spiro atoms. The van der Waals surface area contributed by atoms with Gasteiger partial charge in [-0.3, -0.25) is 19.8 Å². The van der Waals surface area contributed by atoms with Crippen LogP contribution in [-0.4, -0.2) is 61.6 Å². The molecule has 8 nitrogen and oxygen atoms in total. The molecule has 0 aromatic heterocycles. The summed E-state index contributed by atoms with van der Waals surface area (Å²) in [4.78, 5) is 24.4. The van der Waals surface area contributed by atoms with E-state index in [1.54, 1.807) is 12.1 Å². The number of hydrogen-bond donors (Lipinski definition) is 2. The van der Waals surface area contributed by atoms with E-state index in [0.29, 0.717) is 6.54 Å². The Balaban J connectivity index is 1.64. The SMILES string of the molecule is O=C(CCOc1ccccc1[N+](=O)[O-])NCCN1CCNCC1. The minimum absolute atomic E-state index is 0.0911. The van der Waals surface area contributed by atoms with Crippen molar-refractivity contribution in [2.45, 2.75) is 6.42 Å². The second-order valence-corrected chi connectivity index (χ2v) is 5.26. The van der Waals surface area contributed by atoms with Crippen LogP contribution in [0, 0.1) is 10.1 Å². The molecule has 0 aliphatic carbocycles. The fraction of sp³-hybridized carbons (Fsp3) is 0.533. The van der Waals surface area contributed by atoms with Crippen LogP contribution in [0.25, 0.3) is 0 Å². The molecule has 1 amide bonds. The van der Waals surface area contributed by atoms with Gasteiger partial charge in [-0.2, -0.15) is 0 Å². The Kier molecular flexibility index (Phi) is 6.76. The maximum absolute atomic E-state index is 11.7. The molecule has 0 unspecified atom stereocenters. The molecule has 1 aromatic rings. The van der Waals surface area contributed by atoms with Gasteiger partial charge in [0.2, 0.25) is 5.91 Å². The number of rotatable bonds is 8. The smallest absolute Gasteiger partial charge is 0.310 e. The zero-order valence-electron chi connectivity index (χ0n) is 13.0. The van der Waals surface area contributed by atoms with E-state index >= 15 is 0 Å². The van der Waals surface area contributed by atoms with Crippen LogP contribution in [0.5, 0.6) is 5.75 Å². The van der Waals surface area contributed by atoms with Crippen molar-refractivity contribution in [3.63, 3.8) is 0 Å². The molecule has 1 aliphatic rings. The number of nitro benzene ring substituents is 1. The van der Waals surface area contributed by atoms with Crippen LogP contribution >= 0.6 is 0 Å². The van der Waals surface area contributed by atoms with Gasteiger partial charge in [-0.15, -0.1) is 0 Å². The van der Waals surface area contributed by atoms with Gasteiger partial charge in [0, 0.05) is 45.3 Å². The van der Waals surface area contributed by atoms with E-state index in [0.717, 1.165) is 32.7 Å². The zero-order valence-corrected chi connectivity index (χ0v) is 13.0. The Bertz CT molecular complexity index is 532. The highest BCUT2D eigenvalue weighted by Crippen LogP contribution is 2.25. The molecule has 126 valence electrons. The van der Waals surface area contributed by atoms with Crippen LogP contribution in [-0.2, 0) is 4.79 Å². The van der Waals surface area contributed by atoms with Crippen molar-refractivity contribution in [1.82, 2.24) is 15.5 Å². The van der Waals surface area contributed by atoms with Gasteiger partial charge in [-0.1, -0.05) is 12.1 Å². The number of benzene rings is 1. The number of hydrogen-bond acceptors (Lipinski definition) is 6. The number of carbonyl (C=O) groups is 1. The summed E-state index contributed by atoms with van der Waals surface area (Å²) in [5.74, 6) is 0.0739. The van der Waals surface area contributed by atoms with Crippen molar-refractivity contribution in [2.24, 2.45) is 0 Å². The van der Waals surface area contributed by atoms with Crippen LogP contribution in [0.2, 0.25) is 0 Å². The summed E-state index contributed by atoms with van der Waals surface area (Å²) in [6.45, 7) is 5.51. The van der Waals surface area contributed by atoms with E-state index in [1.807, 2.05) is 0 Å². The lowest BCUT2D eigenvalue weighted by atomic mass is 10.3. The first kappa shape index (κ1) is 17.2. The van der Waals surface area contributed by atoms with Gasteiger partial charge < -0.3 is 15.4 Å². The summed E-state index contributed by atoms with van der Waals surface area (Å²) < 4.78 is 5.34. The molecule has 0 bridgehead atoms. The van der Waals surface area contributed by atoms with Crippen molar-refractivity contribution in [3.8, 4) is 5.75 Å². The van der Waals surface area contributed by atoms with E-state index in [9.17, 15) is 14.9 Å². The summed E-state index contributed by atoms with van der Waals surface area (Å²) in [6, 6.07) is 6.15. The van der Waals surface area contributed by atoms with Gasteiger partial charge in [0.1, 0.15) is 0 Å². The molecular formula is C15H22N4O4. The number of nitrogens with one attached hydrogen (secondary N) is 2. The highest BCUT2D eigenvalue weighted by molar-refractivity contribution is 5.76. The normalized spacial score (nSPS) is 15.1. The quantitative estimate of drug-likeness (QED) is 0.531. The van der Waals surface area contributed by atoms with E-state index in [4.69, 9.17) is 4.74 Å². The largest absolute Gasteiger partial charge is 0.486 e. The Morgan fingerprint density at radius 1 is 1.35 bits per heavy atom. The summed E-state index contributed by atoms with van der Waals surface area (Å²) >= 11 is 0. The highest BCUT2D eigenvalue weighted by Gasteiger charge is 2.14. The summed E-state index contributed by atoms with van der Waals surface area (Å²) in [6.07, 6.45) is 0.174. The highest BCUT2D eigenvalue weighted by atomic mass is 16.6. The van der Waals surface area contributed by atoms with Gasteiger partial charge in [0.05, 0.1) is 18.0 Å². The molecule has 0 saturated carbocycles. The second kappa shape index (κ2) is 9.06. The van der Waals surface area contributed by atoms with Crippen LogP contribution < -0.4 is 15.4 Å². The Hall–Kier alpha value is -2.19. The number of carbonyl (C=O) groups excluding carboxylic acids is 1. The number of nitrogens with zero attached hydrogens (tertiary/aromatic N) is 2. The van der Waals surface area contributed by atoms with Crippen molar-refractivity contribution >= 4 is 11.6 Å². The summed E-state index contributed by atoms with van der Waals surface area (Å²) in [5, 5.41) is 17.0. The van der Waals surface area contributed by atoms with E-state index in [1.165, 1.54) is 12.1 Å². The maximum atomic E-state index is 11.7. The van der Waals surface area contributed by atoms with Crippen LogP contribution in [0.1, 0.15) is 6.42 Å². The van der Waals surface area contributed by atoms with E-state index < -0.39 is 4.92 Å². The Labute approximate surface area is 134 Å². The first-order chi connectivity index (χ1) is 11.2. The zero-order chi connectivity index (χ0) is 16.5. The number of nitro groups is 1. The predicted octanol–water partition coefficient (Wildman–Crippen LogP) is 0.385. The molecule has 0 radical (unpaired) electrons. The molecule has 0 atom stereocenters. The fourth-order valence-electron chi connectivity index (χ4n) is 2.36. The molecule has 1 saturated heterocycles. The molecule has 1 aliphatic heterocycles. The van der Waals surface area contributed by atoms with Gasteiger partial charge in [-0.05, 0) is 6.07 Å². The minimum Gasteiger partial charge on any atom is -0.486 e. The first-order valence-electron chi connectivity index (χ1n) is 7.73. The fourth-order valence-corrected chi connectivity index (χ4v) is 2.36. The average Bonchev–Trinajstić information content (AvgIpc) is 2.56. The molecular weight excluding hydrogens is 300 g/mol. The van der Waals surface area contributed by atoms with Crippen LogP contribution in [0.15, 0.2) is 24.3 Å². The van der Waals surface area contributed by atoms with Crippen molar-refractivity contribution in [1.29, 1.82) is 0 Å². The number of para-hydroxylation sites is 2. The Morgan fingerprint density at radius 2 is 2.09 bits per heavy atom. The van der Waals surface area contributed by atoms with Crippen molar-refractivity contribution < 1.29 is 14.5 Å². The lowest BCUT2D eigenvalue weighted by Gasteiger charge is -2.27. The van der Waals surface area contributed by atoms with Crippen molar-refractivity contribution in [3.05, 3.63) is 34.4 Å². The first-order valence-corrected chi connectivity index (χ1v) is 7.73. The minimum atomic E-state index is -0.497. The summed E-state index contributed by atoms with van der Waals surface area (Å²) in [7, 11) is 0. The monoisotopic (exact) mass is 322 g/mol. The van der Waals surface area contributed by atoms with Gasteiger partial charge >= 0.3 is 5.69 Å². The maximum Gasteiger partial charge on any atom is 0.310 e. The number of piperazine rings is 1. The van der Waals surface area contributed by atoms with Crippen LogP contribution in [0.4, 0.5) is 5.69 Å².